The Hall–Kier alpha value is -9.08. The first-order valence-electron chi connectivity index (χ1n) is 26.9. The van der Waals surface area contributed by atoms with Crippen molar-refractivity contribution in [2.45, 2.75) is 145 Å². The van der Waals surface area contributed by atoms with Crippen molar-refractivity contribution in [3.63, 3.8) is 0 Å². The number of nitrogens with one attached hydrogen (secondary N) is 11. The average Bonchev–Trinajstić information content (AvgIpc) is 3.44. The monoisotopic (exact) mass is 1220 g/mol. The van der Waals surface area contributed by atoms with Gasteiger partial charge in [0, 0.05) is 55.2 Å². The second-order valence-electron chi connectivity index (χ2n) is 20.4. The van der Waals surface area contributed by atoms with Gasteiger partial charge in [-0.25, -0.2) is 4.79 Å². The van der Waals surface area contributed by atoms with Crippen molar-refractivity contribution in [1.82, 2.24) is 57.7 Å². The number of para-hydroxylation sites is 1. The first-order valence-corrected chi connectivity index (χ1v) is 27.6. The Labute approximate surface area is 492 Å². The third kappa shape index (κ3) is 24.0. The van der Waals surface area contributed by atoms with Crippen LogP contribution in [-0.2, 0) is 73.5 Å². The minimum absolute atomic E-state index is 0.00767. The van der Waals surface area contributed by atoms with Crippen molar-refractivity contribution >= 4 is 112 Å². The number of carbonyl (C=O) groups is 14. The van der Waals surface area contributed by atoms with Crippen molar-refractivity contribution in [2.75, 3.05) is 25.4 Å². The van der Waals surface area contributed by atoms with Gasteiger partial charge in [-0.2, -0.15) is 12.6 Å². The van der Waals surface area contributed by atoms with Crippen molar-refractivity contribution in [2.24, 2.45) is 28.9 Å². The lowest BCUT2D eigenvalue weighted by Crippen LogP contribution is -2.60. The summed E-state index contributed by atoms with van der Waals surface area (Å²) in [6.07, 6.45) is -2.93. The number of thiol groups is 1. The van der Waals surface area contributed by atoms with E-state index in [1.165, 1.54) is 0 Å². The Kier molecular flexibility index (Phi) is 28.5. The summed E-state index contributed by atoms with van der Waals surface area (Å²) in [5.41, 5.74) is 23.1. The molecular formula is C51H76N16O17S. The van der Waals surface area contributed by atoms with Crippen LogP contribution in [0.4, 0.5) is 0 Å². The van der Waals surface area contributed by atoms with Crippen LogP contribution in [0.5, 0.6) is 0 Å². The van der Waals surface area contributed by atoms with Crippen molar-refractivity contribution in [1.29, 1.82) is 5.41 Å². The van der Waals surface area contributed by atoms with E-state index in [-0.39, 0.29) is 69.7 Å². The molecule has 2 heterocycles. The highest BCUT2D eigenvalue weighted by atomic mass is 32.1. The van der Waals surface area contributed by atoms with Crippen LogP contribution in [0.3, 0.4) is 0 Å². The van der Waals surface area contributed by atoms with Crippen molar-refractivity contribution in [3.8, 4) is 0 Å². The number of aliphatic carboxylic acids is 3. The molecule has 1 aliphatic heterocycles. The predicted octanol–water partition coefficient (Wildman–Crippen LogP) is -5.66. The number of rotatable bonds is 37. The van der Waals surface area contributed by atoms with E-state index < -0.39 is 182 Å². The van der Waals surface area contributed by atoms with Crippen LogP contribution < -0.4 is 70.8 Å². The molecule has 0 spiro atoms. The van der Waals surface area contributed by atoms with E-state index in [1.807, 2.05) is 0 Å². The molecule has 0 saturated carbocycles. The van der Waals surface area contributed by atoms with Crippen molar-refractivity contribution < 1.29 is 82.4 Å². The molecule has 1 aromatic heterocycles. The number of H-pyrrole nitrogens is 1. The van der Waals surface area contributed by atoms with Gasteiger partial charge < -0.3 is 96.0 Å². The fourth-order valence-corrected chi connectivity index (χ4v) is 8.99. The average molecular weight is 1220 g/mol. The molecule has 1 aromatic carbocycles. The van der Waals surface area contributed by atoms with E-state index in [9.17, 15) is 82.4 Å². The smallest absolute Gasteiger partial charge is 0.326 e. The molecule has 22 N–H and O–H groups in total. The van der Waals surface area contributed by atoms with Crippen LogP contribution >= 0.6 is 12.6 Å². The standard InChI is InChI=1S/C51H76N16O17S/c1-24(2)17-35(50(83)84)66-46(79)32(18-25-21-58-28-8-4-3-7-26(25)28)63-48(81)34(20-41(73)74)65-45(78)31(11-13-37(53)68)61-47(80)33(19-38(54)69)64-44(77)29(9-5-15-57-51(55)56)62-49(82)36-10-6-16-67(36)39(70)22-59-43(76)30(12-14-40(71)72)60-42(75)27(52)23-85/h3-4,7-8,21,24,27,29-36,58,85H,5-6,9-20,22-23,52H2,1-2H3,(H2,53,68)(H2,54,69)(H,59,76)(H,60,75)(H,61,80)(H,62,82)(H,63,81)(H,64,77)(H,65,78)(H,66,79)(H,71,72)(H,73,74)(H,83,84)(H4,55,56,57)/t27-,29-,30-,31-,32-,33-,34-,35-,36-/m0/s1. The summed E-state index contributed by atoms with van der Waals surface area (Å²) in [4.78, 5) is 188. The number of nitrogens with zero attached hydrogens (tertiary/aromatic N) is 1. The lowest BCUT2D eigenvalue weighted by Gasteiger charge is -2.28. The summed E-state index contributed by atoms with van der Waals surface area (Å²) in [7, 11) is 0. The molecule has 0 aliphatic carbocycles. The van der Waals surface area contributed by atoms with Crippen LogP contribution in [0.2, 0.25) is 0 Å². The molecule has 0 bridgehead atoms. The van der Waals surface area contributed by atoms with Gasteiger partial charge in [0.05, 0.1) is 25.4 Å². The second kappa shape index (κ2) is 34.5. The SMILES string of the molecule is CC(C)C[C@H](NC(=O)[C@H](Cc1c[nH]c2ccccc12)NC(=O)[C@H](CC(=O)O)NC(=O)[C@H](CCC(N)=O)NC(=O)[C@H](CC(N)=O)NC(=O)[C@H](CCCNC(=N)N)NC(=O)[C@@H]1CCCN1C(=O)CNC(=O)[C@H](CCC(=O)O)NC(=O)[C@@H](N)CS)C(=O)O. The number of aromatic nitrogens is 1. The molecule has 33 nitrogen and oxygen atoms in total. The van der Waals surface area contributed by atoms with E-state index in [2.05, 4.69) is 65.5 Å². The highest BCUT2D eigenvalue weighted by Crippen LogP contribution is 2.21. The number of primary amides is 2. The van der Waals surface area contributed by atoms with Gasteiger partial charge in [0.2, 0.25) is 65.0 Å². The quantitative estimate of drug-likeness (QED) is 0.0130. The summed E-state index contributed by atoms with van der Waals surface area (Å²) >= 11 is 3.94. The molecule has 34 heteroatoms. The highest BCUT2D eigenvalue weighted by molar-refractivity contribution is 7.80. The van der Waals surface area contributed by atoms with E-state index in [1.54, 1.807) is 44.3 Å². The largest absolute Gasteiger partial charge is 0.481 e. The number of nitrogens with two attached hydrogens (primary N) is 4. The molecule has 0 radical (unpaired) electrons. The number of aromatic amines is 1. The molecule has 1 aliphatic rings. The first kappa shape index (κ1) is 70.2. The number of amides is 11. The summed E-state index contributed by atoms with van der Waals surface area (Å²) in [6, 6.07) is -7.39. The summed E-state index contributed by atoms with van der Waals surface area (Å²) in [5.74, 6) is -16.7. The number of likely N-dealkylation sites (tertiary alicyclic amines) is 1. The van der Waals surface area contributed by atoms with Crippen LogP contribution in [0.15, 0.2) is 30.5 Å². The zero-order chi connectivity index (χ0) is 63.7. The molecule has 468 valence electrons. The highest BCUT2D eigenvalue weighted by Gasteiger charge is 2.39. The molecule has 3 rings (SSSR count). The second-order valence-corrected chi connectivity index (χ2v) is 20.8. The zero-order valence-electron chi connectivity index (χ0n) is 46.7. The maximum absolute atomic E-state index is 14.2. The first-order chi connectivity index (χ1) is 40.0. The zero-order valence-corrected chi connectivity index (χ0v) is 47.6. The molecule has 0 unspecified atom stereocenters. The number of hydrogen-bond donors (Lipinski definition) is 19. The number of guanidine groups is 1. The Morgan fingerprint density at radius 1 is 0.659 bits per heavy atom. The van der Waals surface area contributed by atoms with E-state index in [4.69, 9.17) is 28.3 Å². The third-order valence-corrected chi connectivity index (χ3v) is 13.5. The van der Waals surface area contributed by atoms with Gasteiger partial charge in [-0.15, -0.1) is 0 Å². The van der Waals surface area contributed by atoms with Gasteiger partial charge in [-0.3, -0.25) is 67.7 Å². The molecule has 1 fully saturated rings. The van der Waals surface area contributed by atoms with Gasteiger partial charge in [0.1, 0.15) is 48.3 Å². The molecule has 1 saturated heterocycles. The van der Waals surface area contributed by atoms with Gasteiger partial charge in [-0.05, 0) is 62.5 Å². The van der Waals surface area contributed by atoms with Crippen LogP contribution in [-0.4, -0.2) is 194 Å². The molecular weight excluding hydrogens is 1140 g/mol. The number of carboxylic acid groups (broad SMARTS) is 3. The Morgan fingerprint density at radius 2 is 1.20 bits per heavy atom. The maximum atomic E-state index is 14.2. The number of fused-ring (bicyclic) bond motifs is 1. The van der Waals surface area contributed by atoms with Crippen LogP contribution in [0.25, 0.3) is 10.9 Å². The minimum atomic E-state index is -2.03. The lowest BCUT2D eigenvalue weighted by atomic mass is 10.0. The molecule has 2 aromatic rings. The fourth-order valence-electron chi connectivity index (χ4n) is 8.82. The van der Waals surface area contributed by atoms with E-state index in [0.717, 1.165) is 4.90 Å². The molecule has 9 atom stereocenters. The minimum Gasteiger partial charge on any atom is -0.481 e. The van der Waals surface area contributed by atoms with E-state index in [0.29, 0.717) is 16.5 Å². The van der Waals surface area contributed by atoms with Crippen LogP contribution in [0.1, 0.15) is 90.0 Å². The number of hydrogen-bond acceptors (Lipinski definition) is 17. The Balaban J connectivity index is 1.89. The van der Waals surface area contributed by atoms with E-state index >= 15 is 0 Å². The van der Waals surface area contributed by atoms with Crippen molar-refractivity contribution in [3.05, 3.63) is 36.0 Å². The topological polar surface area (TPSA) is 555 Å². The predicted molar refractivity (Wildman–Crippen MR) is 303 cm³/mol. The summed E-state index contributed by atoms with van der Waals surface area (Å²) in [6.45, 7) is 2.67. The molecule has 85 heavy (non-hydrogen) atoms. The lowest BCUT2D eigenvalue weighted by molar-refractivity contribution is -0.143. The van der Waals surface area contributed by atoms with Crippen LogP contribution in [0, 0.1) is 11.3 Å². The number of benzene rings is 1. The summed E-state index contributed by atoms with van der Waals surface area (Å²) < 4.78 is 0. The van der Waals surface area contributed by atoms with Gasteiger partial charge in [-0.1, -0.05) is 32.0 Å². The molecule has 11 amide bonds. The maximum Gasteiger partial charge on any atom is 0.326 e. The normalized spacial score (nSPS) is 15.6. The van der Waals surface area contributed by atoms with Gasteiger partial charge in [0.25, 0.3) is 0 Å². The Bertz CT molecular complexity index is 2800. The fraction of sp³-hybridized carbons (Fsp3) is 0.549. The summed E-state index contributed by atoms with van der Waals surface area (Å²) in [5, 5.41) is 58.3. The Morgan fingerprint density at radius 3 is 1.78 bits per heavy atom. The van der Waals surface area contributed by atoms with Gasteiger partial charge in [0.15, 0.2) is 5.96 Å². The number of carbonyl (C=O) groups excluding carboxylic acids is 11. The number of carboxylic acids is 3. The van der Waals surface area contributed by atoms with Gasteiger partial charge >= 0.3 is 17.9 Å². The third-order valence-electron chi connectivity index (χ3n) is 13.1.